The van der Waals surface area contributed by atoms with E-state index >= 15 is 0 Å². The van der Waals surface area contributed by atoms with Gasteiger partial charge in [-0.3, -0.25) is 9.89 Å². The summed E-state index contributed by atoms with van der Waals surface area (Å²) in [6.07, 6.45) is -2.22. The molecule has 1 saturated heterocycles. The summed E-state index contributed by atoms with van der Waals surface area (Å²) in [6.45, 7) is 6.71. The molecule has 2 atom stereocenters. The molecular weight excluding hydrogens is 486 g/mol. The number of aliphatic imine (C=N–C) groups is 1. The summed E-state index contributed by atoms with van der Waals surface area (Å²) in [5, 5.41) is 11.7. The molecule has 1 aromatic heterocycles. The SMILES string of the molecule is CN=C(NCC1CCc2nnc(C)n2C1)N1CCN(C(C)C(F)(F)F)CC1.I. The molecule has 0 aliphatic carbocycles. The maximum Gasteiger partial charge on any atom is 0.403 e. The number of alkyl halides is 3. The molecule has 0 spiro atoms. The smallest absolute Gasteiger partial charge is 0.356 e. The molecule has 3 heterocycles. The monoisotopic (exact) mass is 515 g/mol. The number of hydrogen-bond donors (Lipinski definition) is 1. The van der Waals surface area contributed by atoms with Crippen molar-refractivity contribution in [2.45, 2.75) is 45.5 Å². The third-order valence-electron chi connectivity index (χ3n) is 5.63. The minimum Gasteiger partial charge on any atom is -0.356 e. The number of aryl methyl sites for hydroxylation is 2. The number of aromatic nitrogens is 3. The number of rotatable bonds is 3. The first kappa shape index (κ1) is 23.2. The van der Waals surface area contributed by atoms with Gasteiger partial charge in [-0.1, -0.05) is 0 Å². The van der Waals surface area contributed by atoms with Gasteiger partial charge in [0.2, 0.25) is 0 Å². The number of hydrogen-bond acceptors (Lipinski definition) is 4. The lowest BCUT2D eigenvalue weighted by atomic mass is 9.99. The van der Waals surface area contributed by atoms with Crippen LogP contribution < -0.4 is 5.32 Å². The molecule has 0 radical (unpaired) electrons. The third kappa shape index (κ3) is 5.28. The molecule has 2 unspecified atom stereocenters. The Hall–Kier alpha value is -1.11. The second-order valence-electron chi connectivity index (χ2n) is 7.35. The number of halogens is 4. The number of piperazine rings is 1. The average Bonchev–Trinajstić information content (AvgIpc) is 3.02. The summed E-state index contributed by atoms with van der Waals surface area (Å²) in [6, 6.07) is -1.40. The van der Waals surface area contributed by atoms with Crippen molar-refractivity contribution in [3.63, 3.8) is 0 Å². The minimum atomic E-state index is -4.18. The standard InChI is InChI=1S/C17H28F3N7.HI/c1-12(17(18,19)20)25-6-8-26(9-7-25)16(21-3)22-10-14-4-5-15-24-23-13(2)27(15)11-14;/h12,14H,4-11H2,1-3H3,(H,21,22);1H. The van der Waals surface area contributed by atoms with Gasteiger partial charge in [-0.15, -0.1) is 34.2 Å². The second-order valence-corrected chi connectivity index (χ2v) is 7.35. The highest BCUT2D eigenvalue weighted by molar-refractivity contribution is 14.0. The predicted octanol–water partition coefficient (Wildman–Crippen LogP) is 1.91. The molecule has 2 aliphatic heterocycles. The summed E-state index contributed by atoms with van der Waals surface area (Å²) < 4.78 is 40.8. The van der Waals surface area contributed by atoms with Crippen molar-refractivity contribution in [3.8, 4) is 0 Å². The van der Waals surface area contributed by atoms with E-state index < -0.39 is 12.2 Å². The van der Waals surface area contributed by atoms with E-state index in [2.05, 4.69) is 25.1 Å². The Kier molecular flexibility index (Phi) is 7.94. The Balaban J connectivity index is 0.00000280. The molecule has 0 bridgehead atoms. The van der Waals surface area contributed by atoms with Crippen LogP contribution >= 0.6 is 24.0 Å². The van der Waals surface area contributed by atoms with Crippen molar-refractivity contribution in [1.29, 1.82) is 0 Å². The van der Waals surface area contributed by atoms with Crippen molar-refractivity contribution in [1.82, 2.24) is 29.9 Å². The molecule has 160 valence electrons. The van der Waals surface area contributed by atoms with Gasteiger partial charge < -0.3 is 14.8 Å². The van der Waals surface area contributed by atoms with E-state index in [1.165, 1.54) is 11.8 Å². The molecule has 7 nitrogen and oxygen atoms in total. The Labute approximate surface area is 180 Å². The first-order valence-corrected chi connectivity index (χ1v) is 9.44. The van der Waals surface area contributed by atoms with Crippen LogP contribution in [0.2, 0.25) is 0 Å². The highest BCUT2D eigenvalue weighted by atomic mass is 127. The fourth-order valence-electron chi connectivity index (χ4n) is 3.79. The maximum absolute atomic E-state index is 12.9. The van der Waals surface area contributed by atoms with Gasteiger partial charge in [-0.2, -0.15) is 13.2 Å². The Morgan fingerprint density at radius 1 is 1.25 bits per heavy atom. The van der Waals surface area contributed by atoms with Crippen LogP contribution in [0.25, 0.3) is 0 Å². The normalized spacial score (nSPS) is 22.4. The molecule has 1 N–H and O–H groups in total. The van der Waals surface area contributed by atoms with Gasteiger partial charge in [0.1, 0.15) is 17.7 Å². The average molecular weight is 515 g/mol. The second kappa shape index (κ2) is 9.59. The molecule has 11 heteroatoms. The van der Waals surface area contributed by atoms with Crippen LogP contribution in [-0.4, -0.2) is 82.5 Å². The van der Waals surface area contributed by atoms with E-state index in [1.54, 1.807) is 7.05 Å². The first-order chi connectivity index (χ1) is 12.8. The van der Waals surface area contributed by atoms with Crippen LogP contribution in [0.5, 0.6) is 0 Å². The quantitative estimate of drug-likeness (QED) is 0.379. The zero-order valence-electron chi connectivity index (χ0n) is 16.5. The van der Waals surface area contributed by atoms with E-state index in [-0.39, 0.29) is 24.0 Å². The van der Waals surface area contributed by atoms with Crippen LogP contribution in [0, 0.1) is 12.8 Å². The molecule has 0 saturated carbocycles. The van der Waals surface area contributed by atoms with Gasteiger partial charge in [0.05, 0.1) is 0 Å². The Morgan fingerprint density at radius 3 is 2.54 bits per heavy atom. The molecule has 0 aromatic carbocycles. The fraction of sp³-hybridized carbons (Fsp3) is 0.824. The molecule has 3 rings (SSSR count). The topological polar surface area (TPSA) is 61.6 Å². The van der Waals surface area contributed by atoms with Crippen LogP contribution in [0.15, 0.2) is 4.99 Å². The van der Waals surface area contributed by atoms with Crippen molar-refractivity contribution in [2.24, 2.45) is 10.9 Å². The molecule has 1 aromatic rings. The Morgan fingerprint density at radius 2 is 1.93 bits per heavy atom. The minimum absolute atomic E-state index is 0. The molecule has 28 heavy (non-hydrogen) atoms. The van der Waals surface area contributed by atoms with Gasteiger partial charge in [-0.25, -0.2) is 0 Å². The van der Waals surface area contributed by atoms with E-state index in [1.807, 2.05) is 11.8 Å². The first-order valence-electron chi connectivity index (χ1n) is 9.44. The summed E-state index contributed by atoms with van der Waals surface area (Å²) in [5.41, 5.74) is 0. The van der Waals surface area contributed by atoms with Crippen LogP contribution in [-0.2, 0) is 13.0 Å². The van der Waals surface area contributed by atoms with Gasteiger partial charge in [0, 0.05) is 52.7 Å². The zero-order valence-corrected chi connectivity index (χ0v) is 18.9. The van der Waals surface area contributed by atoms with Gasteiger partial charge in [-0.05, 0) is 26.2 Å². The molecular formula is C17H29F3IN7. The van der Waals surface area contributed by atoms with Crippen LogP contribution in [0.1, 0.15) is 25.0 Å². The number of nitrogens with one attached hydrogen (secondary N) is 1. The van der Waals surface area contributed by atoms with E-state index in [9.17, 15) is 13.2 Å². The van der Waals surface area contributed by atoms with E-state index in [0.717, 1.165) is 43.5 Å². The summed E-state index contributed by atoms with van der Waals surface area (Å²) >= 11 is 0. The highest BCUT2D eigenvalue weighted by Crippen LogP contribution is 2.25. The molecule has 1 fully saturated rings. The van der Waals surface area contributed by atoms with E-state index in [0.29, 0.717) is 32.1 Å². The summed E-state index contributed by atoms with van der Waals surface area (Å²) in [5.74, 6) is 3.20. The van der Waals surface area contributed by atoms with Crippen molar-refractivity contribution >= 4 is 29.9 Å². The van der Waals surface area contributed by atoms with Crippen LogP contribution in [0.3, 0.4) is 0 Å². The lowest BCUT2D eigenvalue weighted by Crippen LogP contribution is -2.57. The lowest BCUT2D eigenvalue weighted by molar-refractivity contribution is -0.181. The third-order valence-corrected chi connectivity index (χ3v) is 5.63. The van der Waals surface area contributed by atoms with Gasteiger partial charge in [0.25, 0.3) is 0 Å². The molecule has 0 amide bonds. The fourth-order valence-corrected chi connectivity index (χ4v) is 3.79. The highest BCUT2D eigenvalue weighted by Gasteiger charge is 2.41. The van der Waals surface area contributed by atoms with Gasteiger partial charge >= 0.3 is 6.18 Å². The molecule has 2 aliphatic rings. The predicted molar refractivity (Wildman–Crippen MR) is 112 cm³/mol. The van der Waals surface area contributed by atoms with Crippen molar-refractivity contribution in [2.75, 3.05) is 39.8 Å². The number of guanidine groups is 1. The lowest BCUT2D eigenvalue weighted by Gasteiger charge is -2.40. The van der Waals surface area contributed by atoms with Gasteiger partial charge in [0.15, 0.2) is 5.96 Å². The maximum atomic E-state index is 12.9. The Bertz CT molecular complexity index is 668. The number of nitrogens with zero attached hydrogens (tertiary/aromatic N) is 6. The summed E-state index contributed by atoms with van der Waals surface area (Å²) in [7, 11) is 1.72. The summed E-state index contributed by atoms with van der Waals surface area (Å²) in [4.78, 5) is 7.85. The zero-order chi connectivity index (χ0) is 19.6. The van der Waals surface area contributed by atoms with Crippen molar-refractivity contribution in [3.05, 3.63) is 11.6 Å². The van der Waals surface area contributed by atoms with Crippen molar-refractivity contribution < 1.29 is 13.2 Å². The van der Waals surface area contributed by atoms with Crippen LogP contribution in [0.4, 0.5) is 13.2 Å². The largest absolute Gasteiger partial charge is 0.403 e. The van der Waals surface area contributed by atoms with E-state index in [4.69, 9.17) is 0 Å². The number of fused-ring (bicyclic) bond motifs is 1.